The molecule has 21 heavy (non-hydrogen) atoms. The van der Waals surface area contributed by atoms with Gasteiger partial charge in [-0.15, -0.1) is 0 Å². The minimum atomic E-state index is 0.603. The Morgan fingerprint density at radius 1 is 1.19 bits per heavy atom. The number of aromatic amines is 1. The Bertz CT molecular complexity index is 567. The average Bonchev–Trinajstić information content (AvgIpc) is 2.94. The highest BCUT2D eigenvalue weighted by Crippen LogP contribution is 2.24. The molecule has 2 aromatic rings. The van der Waals surface area contributed by atoms with Crippen molar-refractivity contribution in [3.63, 3.8) is 0 Å². The molecular weight excluding hydrogens is 260 g/mol. The van der Waals surface area contributed by atoms with Crippen LogP contribution in [0.2, 0.25) is 0 Å². The molecule has 1 saturated carbocycles. The third kappa shape index (κ3) is 3.76. The van der Waals surface area contributed by atoms with Crippen LogP contribution in [0.15, 0.2) is 24.4 Å². The van der Waals surface area contributed by atoms with Crippen molar-refractivity contribution in [1.29, 1.82) is 0 Å². The molecule has 0 spiro atoms. The fraction of sp³-hybridized carbons (Fsp3) is 0.588. The van der Waals surface area contributed by atoms with E-state index in [1.807, 2.05) is 6.20 Å². The number of benzene rings is 1. The normalized spacial score (nSPS) is 22.8. The Labute approximate surface area is 126 Å². The maximum atomic E-state index is 4.07. The Morgan fingerprint density at radius 3 is 2.71 bits per heavy atom. The highest BCUT2D eigenvalue weighted by molar-refractivity contribution is 5.81. The first-order valence-corrected chi connectivity index (χ1v) is 8.14. The van der Waals surface area contributed by atoms with Crippen molar-refractivity contribution in [2.24, 2.45) is 5.92 Å². The van der Waals surface area contributed by atoms with E-state index in [-0.39, 0.29) is 0 Å². The molecule has 0 atom stereocenters. The molecule has 1 aliphatic rings. The SMILES string of the molecule is CC(C)CN[C@H]1CC[C@@H](Nc2ccc3[nH]ncc3c2)CC1. The maximum absolute atomic E-state index is 4.07. The summed E-state index contributed by atoms with van der Waals surface area (Å²) < 4.78 is 0. The zero-order valence-corrected chi connectivity index (χ0v) is 13.0. The van der Waals surface area contributed by atoms with Crippen LogP contribution in [0.4, 0.5) is 5.69 Å². The van der Waals surface area contributed by atoms with Crippen molar-refractivity contribution in [3.05, 3.63) is 24.4 Å². The lowest BCUT2D eigenvalue weighted by molar-refractivity contribution is 0.341. The van der Waals surface area contributed by atoms with E-state index < -0.39 is 0 Å². The van der Waals surface area contributed by atoms with E-state index in [4.69, 9.17) is 0 Å². The number of hydrogen-bond donors (Lipinski definition) is 3. The Morgan fingerprint density at radius 2 is 1.95 bits per heavy atom. The molecule has 0 radical (unpaired) electrons. The molecule has 0 aliphatic heterocycles. The van der Waals surface area contributed by atoms with Crippen LogP contribution in [0.3, 0.4) is 0 Å². The Hall–Kier alpha value is -1.55. The summed E-state index contributed by atoms with van der Waals surface area (Å²) in [5.74, 6) is 0.738. The highest BCUT2D eigenvalue weighted by atomic mass is 15.1. The van der Waals surface area contributed by atoms with E-state index in [2.05, 4.69) is 52.9 Å². The zero-order valence-electron chi connectivity index (χ0n) is 13.0. The van der Waals surface area contributed by atoms with Gasteiger partial charge in [-0.25, -0.2) is 0 Å². The van der Waals surface area contributed by atoms with E-state index in [1.54, 1.807) is 0 Å². The molecule has 4 nitrogen and oxygen atoms in total. The van der Waals surface area contributed by atoms with Gasteiger partial charge in [-0.2, -0.15) is 5.10 Å². The van der Waals surface area contributed by atoms with E-state index in [0.717, 1.165) is 18.0 Å². The maximum Gasteiger partial charge on any atom is 0.0651 e. The highest BCUT2D eigenvalue weighted by Gasteiger charge is 2.20. The molecule has 0 amide bonds. The van der Waals surface area contributed by atoms with Gasteiger partial charge in [0.2, 0.25) is 0 Å². The lowest BCUT2D eigenvalue weighted by atomic mass is 9.90. The summed E-state index contributed by atoms with van der Waals surface area (Å²) in [4.78, 5) is 0. The third-order valence-electron chi connectivity index (χ3n) is 4.35. The van der Waals surface area contributed by atoms with Crippen molar-refractivity contribution in [3.8, 4) is 0 Å². The molecule has 1 aromatic heterocycles. The topological polar surface area (TPSA) is 52.7 Å². The van der Waals surface area contributed by atoms with Gasteiger partial charge in [-0.1, -0.05) is 13.8 Å². The molecule has 1 fully saturated rings. The fourth-order valence-electron chi connectivity index (χ4n) is 3.11. The van der Waals surface area contributed by atoms with Crippen molar-refractivity contribution in [1.82, 2.24) is 15.5 Å². The molecule has 0 unspecified atom stereocenters. The molecule has 4 heteroatoms. The van der Waals surface area contributed by atoms with Crippen LogP contribution in [0, 0.1) is 5.92 Å². The van der Waals surface area contributed by atoms with Gasteiger partial charge >= 0.3 is 0 Å². The average molecular weight is 286 g/mol. The second-order valence-corrected chi connectivity index (χ2v) is 6.67. The summed E-state index contributed by atoms with van der Waals surface area (Å²) in [6.07, 6.45) is 6.93. The van der Waals surface area contributed by atoms with Crippen LogP contribution >= 0.6 is 0 Å². The smallest absolute Gasteiger partial charge is 0.0651 e. The molecule has 0 bridgehead atoms. The van der Waals surface area contributed by atoms with Gasteiger partial charge in [-0.05, 0) is 56.3 Å². The summed E-state index contributed by atoms with van der Waals surface area (Å²) in [7, 11) is 0. The fourth-order valence-corrected chi connectivity index (χ4v) is 3.11. The monoisotopic (exact) mass is 286 g/mol. The van der Waals surface area contributed by atoms with Crippen molar-refractivity contribution in [2.45, 2.75) is 51.6 Å². The minimum absolute atomic E-state index is 0.603. The molecule has 3 N–H and O–H groups in total. The molecule has 0 saturated heterocycles. The number of nitrogens with zero attached hydrogens (tertiary/aromatic N) is 1. The van der Waals surface area contributed by atoms with Gasteiger partial charge in [0.25, 0.3) is 0 Å². The second kappa shape index (κ2) is 6.48. The van der Waals surface area contributed by atoms with Gasteiger partial charge in [-0.3, -0.25) is 5.10 Å². The van der Waals surface area contributed by atoms with Gasteiger partial charge in [0.05, 0.1) is 11.7 Å². The first-order chi connectivity index (χ1) is 10.2. The predicted octanol–water partition coefficient (Wildman–Crippen LogP) is 3.53. The number of aromatic nitrogens is 2. The molecule has 3 rings (SSSR count). The number of anilines is 1. The third-order valence-corrected chi connectivity index (χ3v) is 4.35. The molecule has 1 aliphatic carbocycles. The van der Waals surface area contributed by atoms with Crippen LogP contribution in [-0.2, 0) is 0 Å². The quantitative estimate of drug-likeness (QED) is 0.788. The summed E-state index contributed by atoms with van der Waals surface area (Å²) >= 11 is 0. The van der Waals surface area contributed by atoms with Crippen LogP contribution in [0.5, 0.6) is 0 Å². The molecule has 1 heterocycles. The standard InChI is InChI=1S/C17H26N4/c1-12(2)10-18-14-3-5-15(6-4-14)20-16-7-8-17-13(9-16)11-19-21-17/h7-9,11-12,14-15,18,20H,3-6,10H2,1-2H3,(H,19,21)/t14-,15+. The van der Waals surface area contributed by atoms with Crippen LogP contribution in [-0.4, -0.2) is 28.8 Å². The molecule has 114 valence electrons. The summed E-state index contributed by atoms with van der Waals surface area (Å²) in [6, 6.07) is 7.74. The van der Waals surface area contributed by atoms with E-state index in [1.165, 1.54) is 36.8 Å². The van der Waals surface area contributed by atoms with Crippen molar-refractivity contribution >= 4 is 16.6 Å². The van der Waals surface area contributed by atoms with Gasteiger partial charge in [0.1, 0.15) is 0 Å². The zero-order chi connectivity index (χ0) is 14.7. The first kappa shape index (κ1) is 14.4. The summed E-state index contributed by atoms with van der Waals surface area (Å²) in [5, 5.41) is 15.6. The van der Waals surface area contributed by atoms with Crippen molar-refractivity contribution < 1.29 is 0 Å². The van der Waals surface area contributed by atoms with E-state index in [0.29, 0.717) is 12.1 Å². The summed E-state index contributed by atoms with van der Waals surface area (Å²) in [5.41, 5.74) is 2.31. The Balaban J connectivity index is 1.50. The van der Waals surface area contributed by atoms with Gasteiger partial charge in [0.15, 0.2) is 0 Å². The lowest BCUT2D eigenvalue weighted by Crippen LogP contribution is -2.38. The van der Waals surface area contributed by atoms with Gasteiger partial charge < -0.3 is 10.6 Å². The number of fused-ring (bicyclic) bond motifs is 1. The predicted molar refractivity (Wildman–Crippen MR) is 88.6 cm³/mol. The van der Waals surface area contributed by atoms with Crippen LogP contribution < -0.4 is 10.6 Å². The summed E-state index contributed by atoms with van der Waals surface area (Å²) in [6.45, 7) is 5.68. The largest absolute Gasteiger partial charge is 0.382 e. The Kier molecular flexibility index (Phi) is 4.44. The number of H-pyrrole nitrogens is 1. The molecule has 1 aromatic carbocycles. The number of nitrogens with one attached hydrogen (secondary N) is 3. The molecular formula is C17H26N4. The van der Waals surface area contributed by atoms with E-state index in [9.17, 15) is 0 Å². The second-order valence-electron chi connectivity index (χ2n) is 6.67. The van der Waals surface area contributed by atoms with Gasteiger partial charge in [0, 0.05) is 23.2 Å². The lowest BCUT2D eigenvalue weighted by Gasteiger charge is -2.31. The first-order valence-electron chi connectivity index (χ1n) is 8.14. The van der Waals surface area contributed by atoms with Crippen LogP contribution in [0.25, 0.3) is 10.9 Å². The van der Waals surface area contributed by atoms with Crippen molar-refractivity contribution in [2.75, 3.05) is 11.9 Å². The number of rotatable bonds is 5. The minimum Gasteiger partial charge on any atom is -0.382 e. The number of hydrogen-bond acceptors (Lipinski definition) is 3. The van der Waals surface area contributed by atoms with E-state index >= 15 is 0 Å². The van der Waals surface area contributed by atoms with Crippen LogP contribution in [0.1, 0.15) is 39.5 Å².